The Morgan fingerprint density at radius 1 is 1.59 bits per heavy atom. The van der Waals surface area contributed by atoms with Crippen LogP contribution in [0, 0.1) is 0 Å². The highest BCUT2D eigenvalue weighted by atomic mass is 32.1. The number of amides is 1. The zero-order valence-corrected chi connectivity index (χ0v) is 10.5. The molecule has 0 saturated carbocycles. The van der Waals surface area contributed by atoms with E-state index in [0.717, 1.165) is 31.7 Å². The van der Waals surface area contributed by atoms with E-state index in [2.05, 4.69) is 28.1 Å². The van der Waals surface area contributed by atoms with Crippen molar-refractivity contribution in [1.29, 1.82) is 0 Å². The predicted molar refractivity (Wildman–Crippen MR) is 67.6 cm³/mol. The van der Waals surface area contributed by atoms with Gasteiger partial charge in [-0.25, -0.2) is 0 Å². The Balaban J connectivity index is 2.07. The summed E-state index contributed by atoms with van der Waals surface area (Å²) in [6.07, 6.45) is 3.47. The second kappa shape index (κ2) is 6.07. The molecule has 1 aromatic heterocycles. The molecule has 2 N–H and O–H groups in total. The Labute approximate surface area is 106 Å². The van der Waals surface area contributed by atoms with Gasteiger partial charge in [0.15, 0.2) is 0 Å². The molecule has 1 amide bonds. The largest absolute Gasteiger partial charge is 0.381 e. The third kappa shape index (κ3) is 3.01. The third-order valence-electron chi connectivity index (χ3n) is 2.94. The van der Waals surface area contributed by atoms with E-state index in [1.807, 2.05) is 0 Å². The second-order valence-corrected chi connectivity index (χ2v) is 4.51. The van der Waals surface area contributed by atoms with Crippen LogP contribution in [0.15, 0.2) is 6.20 Å². The van der Waals surface area contributed by atoms with Gasteiger partial charge in [0.2, 0.25) is 0 Å². The molecular formula is C11H17N3O2S. The monoisotopic (exact) mass is 255 g/mol. The van der Waals surface area contributed by atoms with Gasteiger partial charge in [0.05, 0.1) is 17.5 Å². The molecule has 17 heavy (non-hydrogen) atoms. The van der Waals surface area contributed by atoms with Gasteiger partial charge in [-0.2, -0.15) is 17.7 Å². The highest BCUT2D eigenvalue weighted by Crippen LogP contribution is 2.27. The number of H-pyrrole nitrogens is 1. The second-order valence-electron chi connectivity index (χ2n) is 4.06. The number of hydrogen-bond donors (Lipinski definition) is 3. The van der Waals surface area contributed by atoms with Crippen molar-refractivity contribution in [3.05, 3.63) is 17.5 Å². The average Bonchev–Trinajstić information content (AvgIpc) is 2.86. The van der Waals surface area contributed by atoms with Crippen molar-refractivity contribution >= 4 is 18.5 Å². The maximum atomic E-state index is 11.9. The van der Waals surface area contributed by atoms with Crippen molar-refractivity contribution in [2.45, 2.75) is 18.8 Å². The summed E-state index contributed by atoms with van der Waals surface area (Å²) >= 11 is 4.07. The fourth-order valence-electron chi connectivity index (χ4n) is 2.04. The number of ether oxygens (including phenoxy) is 1. The lowest BCUT2D eigenvalue weighted by molar-refractivity contribution is 0.0833. The fraction of sp³-hybridized carbons (Fsp3) is 0.636. The summed E-state index contributed by atoms with van der Waals surface area (Å²) in [6, 6.07) is 0. The van der Waals surface area contributed by atoms with Crippen LogP contribution < -0.4 is 5.32 Å². The molecule has 1 aliphatic rings. The number of nitrogens with one attached hydrogen (secondary N) is 2. The Morgan fingerprint density at radius 3 is 3.06 bits per heavy atom. The molecule has 0 spiro atoms. The van der Waals surface area contributed by atoms with Gasteiger partial charge in [0.1, 0.15) is 0 Å². The van der Waals surface area contributed by atoms with E-state index in [9.17, 15) is 4.79 Å². The van der Waals surface area contributed by atoms with Gasteiger partial charge >= 0.3 is 0 Å². The Bertz CT molecular complexity index is 375. The minimum Gasteiger partial charge on any atom is -0.381 e. The standard InChI is InChI=1S/C11H17N3O2S/c15-11(12-3-6-17)9-7-13-14-10(9)8-1-4-16-5-2-8/h7-8,17H,1-6H2,(H,12,15)(H,13,14). The highest BCUT2D eigenvalue weighted by molar-refractivity contribution is 7.80. The summed E-state index contributed by atoms with van der Waals surface area (Å²) < 4.78 is 5.32. The first-order valence-electron chi connectivity index (χ1n) is 5.83. The van der Waals surface area contributed by atoms with Crippen LogP contribution in [0.2, 0.25) is 0 Å². The van der Waals surface area contributed by atoms with Crippen molar-refractivity contribution in [3.63, 3.8) is 0 Å². The normalized spacial score (nSPS) is 17.0. The molecule has 0 unspecified atom stereocenters. The van der Waals surface area contributed by atoms with E-state index in [0.29, 0.717) is 23.8 Å². The average molecular weight is 255 g/mol. The highest BCUT2D eigenvalue weighted by Gasteiger charge is 2.23. The minimum atomic E-state index is -0.0747. The van der Waals surface area contributed by atoms with Crippen molar-refractivity contribution in [1.82, 2.24) is 15.5 Å². The van der Waals surface area contributed by atoms with Gasteiger partial charge < -0.3 is 10.1 Å². The first-order valence-corrected chi connectivity index (χ1v) is 6.46. The van der Waals surface area contributed by atoms with Gasteiger partial charge in [-0.05, 0) is 12.8 Å². The number of nitrogens with zero attached hydrogens (tertiary/aromatic N) is 1. The summed E-state index contributed by atoms with van der Waals surface area (Å²) in [4.78, 5) is 11.9. The first kappa shape index (κ1) is 12.4. The van der Waals surface area contributed by atoms with Gasteiger partial charge in [0.25, 0.3) is 5.91 Å². The maximum Gasteiger partial charge on any atom is 0.254 e. The van der Waals surface area contributed by atoms with Gasteiger partial charge in [0, 0.05) is 31.4 Å². The predicted octanol–water partition coefficient (Wildman–Crippen LogP) is 0.963. The molecule has 1 aromatic rings. The molecule has 1 fully saturated rings. The summed E-state index contributed by atoms with van der Waals surface area (Å²) in [7, 11) is 0. The van der Waals surface area contributed by atoms with E-state index in [1.165, 1.54) is 0 Å². The van der Waals surface area contributed by atoms with E-state index in [4.69, 9.17) is 4.74 Å². The maximum absolute atomic E-state index is 11.9. The number of aromatic nitrogens is 2. The third-order valence-corrected chi connectivity index (χ3v) is 3.16. The molecule has 0 aliphatic carbocycles. The number of aromatic amines is 1. The van der Waals surface area contributed by atoms with Gasteiger partial charge in [-0.3, -0.25) is 9.89 Å². The van der Waals surface area contributed by atoms with Crippen molar-refractivity contribution < 1.29 is 9.53 Å². The van der Waals surface area contributed by atoms with Crippen LogP contribution in [-0.2, 0) is 4.74 Å². The van der Waals surface area contributed by atoms with Crippen molar-refractivity contribution in [2.75, 3.05) is 25.5 Å². The number of carbonyl (C=O) groups excluding carboxylic acids is 1. The fourth-order valence-corrected chi connectivity index (χ4v) is 2.15. The Morgan fingerprint density at radius 2 is 2.35 bits per heavy atom. The van der Waals surface area contributed by atoms with Crippen LogP contribution in [0.25, 0.3) is 0 Å². The summed E-state index contributed by atoms with van der Waals surface area (Å²) in [5, 5.41) is 9.74. The molecule has 0 aromatic carbocycles. The zero-order chi connectivity index (χ0) is 12.1. The quantitative estimate of drug-likeness (QED) is 0.702. The van der Waals surface area contributed by atoms with Crippen LogP contribution in [0.3, 0.4) is 0 Å². The van der Waals surface area contributed by atoms with E-state index in [1.54, 1.807) is 6.20 Å². The van der Waals surface area contributed by atoms with E-state index < -0.39 is 0 Å². The summed E-state index contributed by atoms with van der Waals surface area (Å²) in [5.41, 5.74) is 1.59. The number of rotatable bonds is 4. The SMILES string of the molecule is O=C(NCCS)c1cn[nH]c1C1CCOCC1. The Hall–Kier alpha value is -1.01. The smallest absolute Gasteiger partial charge is 0.254 e. The Kier molecular flexibility index (Phi) is 4.44. The number of thiol groups is 1. The number of carbonyl (C=O) groups is 1. The number of hydrogen-bond acceptors (Lipinski definition) is 4. The molecule has 0 radical (unpaired) electrons. The molecule has 2 rings (SSSR count). The van der Waals surface area contributed by atoms with Crippen LogP contribution >= 0.6 is 12.6 Å². The molecular weight excluding hydrogens is 238 g/mol. The van der Waals surface area contributed by atoms with E-state index >= 15 is 0 Å². The van der Waals surface area contributed by atoms with Gasteiger partial charge in [-0.15, -0.1) is 0 Å². The molecule has 0 bridgehead atoms. The van der Waals surface area contributed by atoms with Crippen molar-refractivity contribution in [3.8, 4) is 0 Å². The van der Waals surface area contributed by atoms with Crippen LogP contribution in [0.4, 0.5) is 0 Å². The lowest BCUT2D eigenvalue weighted by Gasteiger charge is -2.21. The zero-order valence-electron chi connectivity index (χ0n) is 9.61. The lowest BCUT2D eigenvalue weighted by atomic mass is 9.94. The van der Waals surface area contributed by atoms with Crippen LogP contribution in [0.1, 0.15) is 34.8 Å². The topological polar surface area (TPSA) is 67.0 Å². The van der Waals surface area contributed by atoms with Crippen LogP contribution in [0.5, 0.6) is 0 Å². The molecule has 0 atom stereocenters. The summed E-state index contributed by atoms with van der Waals surface area (Å²) in [5.74, 6) is 0.910. The summed E-state index contributed by atoms with van der Waals surface area (Å²) in [6.45, 7) is 2.07. The minimum absolute atomic E-state index is 0.0747. The molecule has 1 saturated heterocycles. The molecule has 1 aliphatic heterocycles. The first-order chi connectivity index (χ1) is 8.33. The molecule has 94 valence electrons. The van der Waals surface area contributed by atoms with Gasteiger partial charge in [-0.1, -0.05) is 0 Å². The molecule has 2 heterocycles. The molecule has 5 nitrogen and oxygen atoms in total. The lowest BCUT2D eigenvalue weighted by Crippen LogP contribution is -2.27. The van der Waals surface area contributed by atoms with Crippen molar-refractivity contribution in [2.24, 2.45) is 0 Å². The molecule has 6 heteroatoms. The van der Waals surface area contributed by atoms with Crippen LogP contribution in [-0.4, -0.2) is 41.6 Å². The van der Waals surface area contributed by atoms with E-state index in [-0.39, 0.29) is 5.91 Å².